The van der Waals surface area contributed by atoms with E-state index in [0.717, 1.165) is 38.7 Å². The van der Waals surface area contributed by atoms with Crippen molar-refractivity contribution in [1.82, 2.24) is 9.55 Å². The Labute approximate surface area is 283 Å². The molecular weight excluding hydrogens is 597 g/mol. The molecule has 0 amide bonds. The Balaban J connectivity index is 0.000000464. The van der Waals surface area contributed by atoms with Crippen molar-refractivity contribution < 1.29 is 4.42 Å². The lowest BCUT2D eigenvalue weighted by Gasteiger charge is -2.08. The number of aromatic nitrogens is 2. The van der Waals surface area contributed by atoms with E-state index in [0.29, 0.717) is 0 Å². The number of rotatable bonds is 2. The fraction of sp³-hybridized carbons (Fsp3) is 0.0217. The molecule has 0 unspecified atom stereocenters. The first-order chi connectivity index (χ1) is 24.2. The van der Waals surface area contributed by atoms with Crippen LogP contribution in [-0.2, 0) is 7.05 Å². The molecule has 1 aliphatic rings. The van der Waals surface area contributed by atoms with Gasteiger partial charge in [-0.15, -0.1) is 0 Å². The van der Waals surface area contributed by atoms with Gasteiger partial charge in [0.15, 0.2) is 0 Å². The quantitative estimate of drug-likeness (QED) is 0.191. The van der Waals surface area contributed by atoms with Crippen molar-refractivity contribution in [3.8, 4) is 44.6 Å². The highest BCUT2D eigenvalue weighted by molar-refractivity contribution is 6.15. The molecule has 0 aliphatic heterocycles. The summed E-state index contributed by atoms with van der Waals surface area (Å²) in [4.78, 5) is 5.18. The average molecular weight is 627 g/mol. The average Bonchev–Trinajstić information content (AvgIpc) is 3.80. The molecule has 0 atom stereocenters. The Morgan fingerprint density at radius 1 is 0.429 bits per heavy atom. The maximum atomic E-state index is 6.09. The van der Waals surface area contributed by atoms with Crippen molar-refractivity contribution in [3.63, 3.8) is 0 Å². The van der Waals surface area contributed by atoms with Gasteiger partial charge >= 0.3 is 0 Å². The smallest absolute Gasteiger partial charge is 0.135 e. The predicted octanol–water partition coefficient (Wildman–Crippen LogP) is 12.4. The highest BCUT2D eigenvalue weighted by atomic mass is 16.3. The summed E-state index contributed by atoms with van der Waals surface area (Å²) in [7, 11) is 2.15. The highest BCUT2D eigenvalue weighted by Crippen LogP contribution is 2.48. The van der Waals surface area contributed by atoms with Crippen molar-refractivity contribution in [2.75, 3.05) is 0 Å². The van der Waals surface area contributed by atoms with Gasteiger partial charge in [0.25, 0.3) is 0 Å². The van der Waals surface area contributed by atoms with Crippen LogP contribution in [0.25, 0.3) is 99.3 Å². The van der Waals surface area contributed by atoms with E-state index in [-0.39, 0.29) is 0 Å². The van der Waals surface area contributed by atoms with Crippen molar-refractivity contribution in [2.45, 2.75) is 0 Å². The van der Waals surface area contributed by atoms with Crippen molar-refractivity contribution in [1.29, 1.82) is 0 Å². The van der Waals surface area contributed by atoms with E-state index in [1.165, 1.54) is 60.6 Å². The molecule has 230 valence electrons. The third-order valence-corrected chi connectivity index (χ3v) is 10.0. The van der Waals surface area contributed by atoms with Gasteiger partial charge in [-0.3, -0.25) is 0 Å². The van der Waals surface area contributed by atoms with E-state index in [9.17, 15) is 0 Å². The zero-order valence-corrected chi connectivity index (χ0v) is 26.9. The van der Waals surface area contributed by atoms with E-state index in [4.69, 9.17) is 9.40 Å². The third-order valence-electron chi connectivity index (χ3n) is 10.0. The summed E-state index contributed by atoms with van der Waals surface area (Å²) in [6, 6.07) is 57.8. The lowest BCUT2D eigenvalue weighted by Crippen LogP contribution is -1.89. The lowest BCUT2D eigenvalue weighted by molar-refractivity contribution is 0.669. The van der Waals surface area contributed by atoms with Gasteiger partial charge in [-0.05, 0) is 88.0 Å². The summed E-state index contributed by atoms with van der Waals surface area (Å²) >= 11 is 0. The van der Waals surface area contributed by atoms with Gasteiger partial charge in [0, 0.05) is 50.6 Å². The molecule has 3 heteroatoms. The minimum atomic E-state index is 0.918. The molecular formula is C46H30N2O. The standard InChI is InChI=1S/C40H24N2O.C6H6/c1-42-36-16-13-23(24-15-18-39-32(20-24)28-9-4-5-12-38(28)43-39)19-30(36)31-21-25(14-17-37(31)42)35-22-33-27-8-3-2-7-26(27)29-10-6-11-34(41-35)40(29)33;1-2-4-6-5-3-1/h2-22H,1H3;1-6H. The SMILES string of the molecule is Cn1c2ccc(-c3ccc4oc5ccccc5c4c3)cc2c2cc(-c3cc4c5c(cccc5n3)-c3ccccc3-4)ccc21.c1ccccc1. The Hall–Kier alpha value is -6.45. The summed E-state index contributed by atoms with van der Waals surface area (Å²) in [5.74, 6) is 0. The van der Waals surface area contributed by atoms with Crippen LogP contribution in [0.2, 0.25) is 0 Å². The summed E-state index contributed by atoms with van der Waals surface area (Å²) < 4.78 is 8.38. The molecule has 0 radical (unpaired) electrons. The molecule has 0 bridgehead atoms. The first-order valence-corrected chi connectivity index (χ1v) is 16.7. The Kier molecular flexibility index (Phi) is 6.09. The second-order valence-electron chi connectivity index (χ2n) is 12.8. The molecule has 10 aromatic rings. The topological polar surface area (TPSA) is 31.0 Å². The van der Waals surface area contributed by atoms with Crippen LogP contribution in [0.4, 0.5) is 0 Å². The minimum absolute atomic E-state index is 0.918. The van der Waals surface area contributed by atoms with Crippen LogP contribution in [0.5, 0.6) is 0 Å². The molecule has 3 nitrogen and oxygen atoms in total. The number of aryl methyl sites for hydroxylation is 1. The van der Waals surface area contributed by atoms with Crippen LogP contribution in [-0.4, -0.2) is 9.55 Å². The summed E-state index contributed by atoms with van der Waals surface area (Å²) in [5.41, 5.74) is 15.0. The number of hydrogen-bond donors (Lipinski definition) is 0. The van der Waals surface area contributed by atoms with Gasteiger partial charge in [-0.1, -0.05) is 109 Å². The van der Waals surface area contributed by atoms with Crippen LogP contribution >= 0.6 is 0 Å². The molecule has 0 spiro atoms. The molecule has 1 aliphatic carbocycles. The number of para-hydroxylation sites is 1. The highest BCUT2D eigenvalue weighted by Gasteiger charge is 2.23. The van der Waals surface area contributed by atoms with E-state index in [1.807, 2.05) is 48.5 Å². The number of nitrogens with zero attached hydrogens (tertiary/aromatic N) is 2. The fourth-order valence-electron chi connectivity index (χ4n) is 7.67. The van der Waals surface area contributed by atoms with Crippen molar-refractivity contribution in [2.24, 2.45) is 7.05 Å². The number of fused-ring (bicyclic) bond motifs is 9. The maximum absolute atomic E-state index is 6.09. The minimum Gasteiger partial charge on any atom is -0.456 e. The lowest BCUT2D eigenvalue weighted by atomic mass is 9.99. The summed E-state index contributed by atoms with van der Waals surface area (Å²) in [6.07, 6.45) is 0. The molecule has 0 saturated heterocycles. The normalized spacial score (nSPS) is 11.8. The zero-order valence-electron chi connectivity index (χ0n) is 26.9. The van der Waals surface area contributed by atoms with Gasteiger partial charge in [0.2, 0.25) is 0 Å². The van der Waals surface area contributed by atoms with Crippen LogP contribution in [0.3, 0.4) is 0 Å². The number of hydrogen-bond acceptors (Lipinski definition) is 2. The Morgan fingerprint density at radius 3 is 1.76 bits per heavy atom. The molecule has 0 N–H and O–H groups in total. The first-order valence-electron chi connectivity index (χ1n) is 16.7. The Bertz CT molecular complexity index is 2870. The van der Waals surface area contributed by atoms with Gasteiger partial charge in [0.1, 0.15) is 11.2 Å². The monoisotopic (exact) mass is 626 g/mol. The van der Waals surface area contributed by atoms with Crippen LogP contribution < -0.4 is 0 Å². The number of pyridine rings is 1. The Morgan fingerprint density at radius 2 is 1.00 bits per heavy atom. The fourth-order valence-corrected chi connectivity index (χ4v) is 7.67. The molecule has 3 aromatic heterocycles. The molecule has 11 rings (SSSR count). The van der Waals surface area contributed by atoms with Gasteiger partial charge < -0.3 is 8.98 Å². The molecule has 49 heavy (non-hydrogen) atoms. The van der Waals surface area contributed by atoms with E-state index in [1.54, 1.807) is 0 Å². The van der Waals surface area contributed by atoms with Gasteiger partial charge in [-0.2, -0.15) is 0 Å². The molecule has 3 heterocycles. The van der Waals surface area contributed by atoms with Gasteiger partial charge in [0.05, 0.1) is 11.2 Å². The van der Waals surface area contributed by atoms with Crippen LogP contribution in [0.1, 0.15) is 0 Å². The van der Waals surface area contributed by atoms with Crippen molar-refractivity contribution in [3.05, 3.63) is 164 Å². The zero-order chi connectivity index (χ0) is 32.5. The molecule has 0 saturated carbocycles. The van der Waals surface area contributed by atoms with E-state index >= 15 is 0 Å². The second kappa shape index (κ2) is 10.8. The second-order valence-corrected chi connectivity index (χ2v) is 12.8. The van der Waals surface area contributed by atoms with Gasteiger partial charge in [-0.25, -0.2) is 4.98 Å². The van der Waals surface area contributed by atoms with Crippen LogP contribution in [0.15, 0.2) is 168 Å². The van der Waals surface area contributed by atoms with E-state index < -0.39 is 0 Å². The number of furan rings is 1. The summed E-state index contributed by atoms with van der Waals surface area (Å²) in [6.45, 7) is 0. The largest absolute Gasteiger partial charge is 0.456 e. The molecule has 7 aromatic carbocycles. The van der Waals surface area contributed by atoms with Crippen molar-refractivity contribution >= 4 is 54.6 Å². The maximum Gasteiger partial charge on any atom is 0.135 e. The molecule has 0 fully saturated rings. The van der Waals surface area contributed by atoms with E-state index in [2.05, 4.69) is 127 Å². The first kappa shape index (κ1) is 27.6. The summed E-state index contributed by atoms with van der Waals surface area (Å²) in [5, 5.41) is 6.03. The number of benzene rings is 7. The van der Waals surface area contributed by atoms with Crippen LogP contribution in [0, 0.1) is 0 Å². The predicted molar refractivity (Wildman–Crippen MR) is 205 cm³/mol. The third kappa shape index (κ3) is 4.33.